The smallest absolute Gasteiger partial charge is 0.343 e. The van der Waals surface area contributed by atoms with Crippen LogP contribution in [0.25, 0.3) is 0 Å². The molecular formula is C20H14ClNO7. The van der Waals surface area contributed by atoms with Gasteiger partial charge in [-0.05, 0) is 35.9 Å². The molecule has 0 atom stereocenters. The van der Waals surface area contributed by atoms with E-state index in [1.165, 1.54) is 24.3 Å². The van der Waals surface area contributed by atoms with Gasteiger partial charge in [-0.3, -0.25) is 9.36 Å². The number of aromatic nitrogens is 1. The molecule has 2 N–H and O–H groups in total. The van der Waals surface area contributed by atoms with Gasteiger partial charge in [-0.2, -0.15) is 0 Å². The average molecular weight is 416 g/mol. The molecule has 0 unspecified atom stereocenters. The molecule has 1 heterocycles. The van der Waals surface area contributed by atoms with Gasteiger partial charge in [-0.25, -0.2) is 9.59 Å². The lowest BCUT2D eigenvalue weighted by molar-refractivity contribution is -0.112. The maximum Gasteiger partial charge on any atom is 0.343 e. The summed E-state index contributed by atoms with van der Waals surface area (Å²) in [5.41, 5.74) is 0.292. The van der Waals surface area contributed by atoms with Gasteiger partial charge in [-0.1, -0.05) is 36.4 Å². The van der Waals surface area contributed by atoms with Crippen LogP contribution in [0.1, 0.15) is 20.7 Å². The number of ether oxygens (including phenoxy) is 2. The molecule has 0 aliphatic rings. The number of hydrogen-bond donors (Lipinski definition) is 2. The summed E-state index contributed by atoms with van der Waals surface area (Å²) < 4.78 is 10.9. The number of carbonyl (C=O) groups is 3. The van der Waals surface area contributed by atoms with Crippen molar-refractivity contribution in [2.75, 3.05) is 0 Å². The van der Waals surface area contributed by atoms with Gasteiger partial charge in [0, 0.05) is 0 Å². The second kappa shape index (κ2) is 8.49. The number of carbonyl (C=O) groups excluding carboxylic acids is 3. The number of esters is 2. The van der Waals surface area contributed by atoms with Crippen LogP contribution in [0.15, 0.2) is 60.7 Å². The molecule has 9 heteroatoms. The summed E-state index contributed by atoms with van der Waals surface area (Å²) in [7, 11) is 0. The van der Waals surface area contributed by atoms with Crippen LogP contribution in [0.2, 0.25) is 0 Å². The standard InChI is InChI=1S/C20H14ClNO7/c21-14(23)11-22-17(24)15(28-19(26)12-7-3-1-4-8-12)16(18(22)25)29-20(27)13-9-5-2-6-10-13/h1-10,24-25H,11H2. The van der Waals surface area contributed by atoms with Gasteiger partial charge in [0.2, 0.25) is 28.5 Å². The fourth-order valence-electron chi connectivity index (χ4n) is 2.46. The minimum absolute atomic E-state index is 0.146. The number of halogens is 1. The molecule has 0 spiro atoms. The maximum atomic E-state index is 12.4. The van der Waals surface area contributed by atoms with Crippen LogP contribution in [0.3, 0.4) is 0 Å². The molecule has 0 fully saturated rings. The Morgan fingerprint density at radius 3 is 1.48 bits per heavy atom. The fourth-order valence-corrected chi connectivity index (χ4v) is 2.58. The monoisotopic (exact) mass is 415 g/mol. The van der Waals surface area contributed by atoms with Gasteiger partial charge in [0.25, 0.3) is 0 Å². The SMILES string of the molecule is O=C(Cl)Cn1c(O)c(OC(=O)c2ccccc2)c(OC(=O)c2ccccc2)c1O. The van der Waals surface area contributed by atoms with Crippen LogP contribution in [-0.2, 0) is 11.3 Å². The molecule has 3 rings (SSSR count). The van der Waals surface area contributed by atoms with E-state index in [4.69, 9.17) is 21.1 Å². The summed E-state index contributed by atoms with van der Waals surface area (Å²) in [6.07, 6.45) is 0. The van der Waals surface area contributed by atoms with Crippen LogP contribution < -0.4 is 9.47 Å². The topological polar surface area (TPSA) is 115 Å². The Labute approximate surface area is 169 Å². The maximum absolute atomic E-state index is 12.4. The van der Waals surface area contributed by atoms with Crippen molar-refractivity contribution in [2.24, 2.45) is 0 Å². The molecule has 0 aliphatic heterocycles. The molecule has 0 amide bonds. The summed E-state index contributed by atoms with van der Waals surface area (Å²) in [5.74, 6) is -4.63. The van der Waals surface area contributed by atoms with Crippen molar-refractivity contribution in [1.29, 1.82) is 0 Å². The average Bonchev–Trinajstić information content (AvgIpc) is 2.93. The van der Waals surface area contributed by atoms with Gasteiger partial charge < -0.3 is 19.7 Å². The van der Waals surface area contributed by atoms with E-state index in [-0.39, 0.29) is 11.1 Å². The Bertz CT molecular complexity index is 984. The first-order valence-electron chi connectivity index (χ1n) is 8.25. The molecular weight excluding hydrogens is 402 g/mol. The predicted molar refractivity (Wildman–Crippen MR) is 101 cm³/mol. The minimum Gasteiger partial charge on any atom is -0.492 e. The fraction of sp³-hybridized carbons (Fsp3) is 0.0500. The molecule has 29 heavy (non-hydrogen) atoms. The highest BCUT2D eigenvalue weighted by atomic mass is 35.5. The van der Waals surface area contributed by atoms with E-state index in [1.807, 2.05) is 0 Å². The largest absolute Gasteiger partial charge is 0.492 e. The van der Waals surface area contributed by atoms with E-state index in [1.54, 1.807) is 36.4 Å². The molecule has 0 bridgehead atoms. The Hall–Kier alpha value is -3.78. The summed E-state index contributed by atoms with van der Waals surface area (Å²) >= 11 is 5.32. The first-order valence-corrected chi connectivity index (χ1v) is 8.63. The van der Waals surface area contributed by atoms with Crippen molar-refractivity contribution in [3.63, 3.8) is 0 Å². The van der Waals surface area contributed by atoms with E-state index in [9.17, 15) is 24.6 Å². The lowest BCUT2D eigenvalue weighted by atomic mass is 10.2. The quantitative estimate of drug-likeness (QED) is 0.469. The molecule has 2 aromatic carbocycles. The number of hydrogen-bond acceptors (Lipinski definition) is 7. The Balaban J connectivity index is 2.00. The van der Waals surface area contributed by atoms with Crippen molar-refractivity contribution in [3.8, 4) is 23.3 Å². The van der Waals surface area contributed by atoms with Crippen molar-refractivity contribution in [1.82, 2.24) is 4.57 Å². The van der Waals surface area contributed by atoms with Crippen LogP contribution in [0.5, 0.6) is 23.3 Å². The van der Waals surface area contributed by atoms with Gasteiger partial charge in [0.05, 0.1) is 11.1 Å². The van der Waals surface area contributed by atoms with E-state index in [0.29, 0.717) is 4.57 Å². The summed E-state index contributed by atoms with van der Waals surface area (Å²) in [5, 5.41) is 19.8. The van der Waals surface area contributed by atoms with E-state index in [0.717, 1.165) is 0 Å². The van der Waals surface area contributed by atoms with Crippen molar-refractivity contribution < 1.29 is 34.1 Å². The van der Waals surface area contributed by atoms with E-state index < -0.39 is 47.0 Å². The highest BCUT2D eigenvalue weighted by Gasteiger charge is 2.30. The molecule has 8 nitrogen and oxygen atoms in total. The van der Waals surface area contributed by atoms with Crippen LogP contribution in [0.4, 0.5) is 0 Å². The summed E-state index contributed by atoms with van der Waals surface area (Å²) in [4.78, 5) is 36.0. The van der Waals surface area contributed by atoms with Crippen molar-refractivity contribution in [2.45, 2.75) is 6.54 Å². The Morgan fingerprint density at radius 2 is 1.14 bits per heavy atom. The zero-order valence-electron chi connectivity index (χ0n) is 14.7. The highest BCUT2D eigenvalue weighted by Crippen LogP contribution is 2.47. The molecule has 3 aromatic rings. The van der Waals surface area contributed by atoms with Crippen molar-refractivity contribution in [3.05, 3.63) is 71.8 Å². The van der Waals surface area contributed by atoms with Crippen LogP contribution in [-0.4, -0.2) is 32.0 Å². The van der Waals surface area contributed by atoms with Crippen LogP contribution >= 0.6 is 11.6 Å². The molecule has 0 aliphatic carbocycles. The highest BCUT2D eigenvalue weighted by molar-refractivity contribution is 6.63. The lowest BCUT2D eigenvalue weighted by Gasteiger charge is -2.07. The first kappa shape index (κ1) is 20.0. The minimum atomic E-state index is -0.924. The number of benzene rings is 2. The predicted octanol–water partition coefficient (Wildman–Crippen LogP) is 3.10. The summed E-state index contributed by atoms with van der Waals surface area (Å²) in [6, 6.07) is 15.6. The van der Waals surface area contributed by atoms with E-state index >= 15 is 0 Å². The third-order valence-electron chi connectivity index (χ3n) is 3.81. The number of aromatic hydroxyl groups is 2. The third-order valence-corrected chi connectivity index (χ3v) is 3.93. The molecule has 0 saturated heterocycles. The van der Waals surface area contributed by atoms with E-state index in [2.05, 4.69) is 0 Å². The Kier molecular flexibility index (Phi) is 5.85. The second-order valence-electron chi connectivity index (χ2n) is 5.76. The second-order valence-corrected chi connectivity index (χ2v) is 6.18. The van der Waals surface area contributed by atoms with Gasteiger partial charge in [0.1, 0.15) is 6.54 Å². The van der Waals surface area contributed by atoms with Gasteiger partial charge in [0.15, 0.2) is 0 Å². The summed E-state index contributed by atoms with van der Waals surface area (Å²) in [6.45, 7) is -0.655. The first-order chi connectivity index (χ1) is 13.9. The lowest BCUT2D eigenvalue weighted by Crippen LogP contribution is -2.11. The van der Waals surface area contributed by atoms with Crippen LogP contribution in [0, 0.1) is 0 Å². The number of rotatable bonds is 6. The molecule has 0 radical (unpaired) electrons. The van der Waals surface area contributed by atoms with Crippen molar-refractivity contribution >= 4 is 28.8 Å². The molecule has 1 aromatic heterocycles. The zero-order chi connectivity index (χ0) is 21.0. The molecule has 0 saturated carbocycles. The Morgan fingerprint density at radius 1 is 0.759 bits per heavy atom. The molecule has 148 valence electrons. The normalized spacial score (nSPS) is 10.4. The van der Waals surface area contributed by atoms with Gasteiger partial charge in [-0.15, -0.1) is 0 Å². The third kappa shape index (κ3) is 4.39. The van der Waals surface area contributed by atoms with Gasteiger partial charge >= 0.3 is 11.9 Å². The number of nitrogens with zero attached hydrogens (tertiary/aromatic N) is 1. The zero-order valence-corrected chi connectivity index (χ0v) is 15.5.